The van der Waals surface area contributed by atoms with E-state index < -0.39 is 30.1 Å². The SMILES string of the molecule is COc1ccccc1C1c2cccn2CCN1C(=O)CC(=O)NCc1cccc(C(F)(F)F)c1. The highest BCUT2D eigenvalue weighted by atomic mass is 19.4. The Morgan fingerprint density at radius 2 is 1.85 bits per heavy atom. The van der Waals surface area contributed by atoms with E-state index in [0.717, 1.165) is 23.4 Å². The zero-order valence-electron chi connectivity index (χ0n) is 18.5. The summed E-state index contributed by atoms with van der Waals surface area (Å²) in [6.45, 7) is 0.893. The van der Waals surface area contributed by atoms with Gasteiger partial charge in [-0.3, -0.25) is 9.59 Å². The number of amides is 2. The number of methoxy groups -OCH3 is 1. The van der Waals surface area contributed by atoms with Gasteiger partial charge in [0.2, 0.25) is 11.8 Å². The second kappa shape index (κ2) is 9.62. The van der Waals surface area contributed by atoms with Crippen molar-refractivity contribution in [3.63, 3.8) is 0 Å². The van der Waals surface area contributed by atoms with Crippen molar-refractivity contribution in [1.82, 2.24) is 14.8 Å². The first kappa shape index (κ1) is 23.4. The fourth-order valence-electron chi connectivity index (χ4n) is 4.23. The zero-order chi connectivity index (χ0) is 24.3. The van der Waals surface area contributed by atoms with Gasteiger partial charge in [0, 0.05) is 37.1 Å². The molecule has 34 heavy (non-hydrogen) atoms. The van der Waals surface area contributed by atoms with Crippen molar-refractivity contribution >= 4 is 11.8 Å². The lowest BCUT2D eigenvalue weighted by atomic mass is 9.98. The minimum Gasteiger partial charge on any atom is -0.496 e. The molecule has 0 saturated carbocycles. The standard InChI is InChI=1S/C25H24F3N3O3/c1-34-21-10-3-2-8-19(21)24-20-9-5-11-30(20)12-13-31(24)23(33)15-22(32)29-16-17-6-4-7-18(14-17)25(26,27)28/h2-11,14,24H,12-13,15-16H2,1H3,(H,29,32). The Balaban J connectivity index is 1.48. The van der Waals surface area contributed by atoms with Crippen molar-refractivity contribution in [3.8, 4) is 5.75 Å². The molecular weight excluding hydrogens is 447 g/mol. The van der Waals surface area contributed by atoms with E-state index in [0.29, 0.717) is 24.4 Å². The number of benzene rings is 2. The number of nitrogens with zero attached hydrogens (tertiary/aromatic N) is 2. The third-order valence-electron chi connectivity index (χ3n) is 5.85. The molecule has 1 unspecified atom stereocenters. The van der Waals surface area contributed by atoms with Crippen LogP contribution in [0.4, 0.5) is 13.2 Å². The Hall–Kier alpha value is -3.75. The number of halogens is 3. The van der Waals surface area contributed by atoms with E-state index in [1.165, 1.54) is 12.1 Å². The molecule has 9 heteroatoms. The molecule has 0 spiro atoms. The quantitative estimate of drug-likeness (QED) is 0.550. The van der Waals surface area contributed by atoms with Crippen molar-refractivity contribution in [3.05, 3.63) is 89.2 Å². The number of rotatable bonds is 6. The summed E-state index contributed by atoms with van der Waals surface area (Å²) in [4.78, 5) is 27.3. The Bertz CT molecular complexity index is 1190. The van der Waals surface area contributed by atoms with Crippen LogP contribution in [-0.4, -0.2) is 34.9 Å². The summed E-state index contributed by atoms with van der Waals surface area (Å²) < 4.78 is 46.3. The van der Waals surface area contributed by atoms with Crippen LogP contribution >= 0.6 is 0 Å². The largest absolute Gasteiger partial charge is 0.496 e. The second-order valence-electron chi connectivity index (χ2n) is 8.01. The maximum absolute atomic E-state index is 13.2. The zero-order valence-corrected chi connectivity index (χ0v) is 18.5. The summed E-state index contributed by atoms with van der Waals surface area (Å²) in [6, 6.07) is 15.6. The summed E-state index contributed by atoms with van der Waals surface area (Å²) in [5.74, 6) is -0.291. The van der Waals surface area contributed by atoms with Gasteiger partial charge in [-0.1, -0.05) is 30.3 Å². The van der Waals surface area contributed by atoms with E-state index in [1.54, 1.807) is 12.0 Å². The maximum atomic E-state index is 13.2. The van der Waals surface area contributed by atoms with Gasteiger partial charge < -0.3 is 19.5 Å². The fraction of sp³-hybridized carbons (Fsp3) is 0.280. The normalized spacial score (nSPS) is 15.5. The Labute approximate surface area is 194 Å². The summed E-state index contributed by atoms with van der Waals surface area (Å²) in [7, 11) is 1.56. The predicted octanol–water partition coefficient (Wildman–Crippen LogP) is 4.15. The monoisotopic (exact) mass is 471 g/mol. The third kappa shape index (κ3) is 4.93. The molecule has 1 aromatic heterocycles. The summed E-state index contributed by atoms with van der Waals surface area (Å²) in [5, 5.41) is 2.56. The predicted molar refractivity (Wildman–Crippen MR) is 119 cm³/mol. The minimum atomic E-state index is -4.46. The van der Waals surface area contributed by atoms with Crippen molar-refractivity contribution in [2.75, 3.05) is 13.7 Å². The molecule has 2 heterocycles. The number of aromatic nitrogens is 1. The van der Waals surface area contributed by atoms with Crippen LogP contribution in [0.5, 0.6) is 5.75 Å². The molecule has 2 amide bonds. The molecule has 1 atom stereocenters. The molecule has 1 aliphatic heterocycles. The molecular formula is C25H24F3N3O3. The molecule has 0 saturated heterocycles. The van der Waals surface area contributed by atoms with E-state index in [4.69, 9.17) is 4.74 Å². The first-order valence-corrected chi connectivity index (χ1v) is 10.8. The molecule has 0 aliphatic carbocycles. The topological polar surface area (TPSA) is 63.6 Å². The lowest BCUT2D eigenvalue weighted by Gasteiger charge is -2.37. The van der Waals surface area contributed by atoms with Crippen LogP contribution in [0.25, 0.3) is 0 Å². The number of hydrogen-bond donors (Lipinski definition) is 1. The average Bonchev–Trinajstić information content (AvgIpc) is 3.30. The fourth-order valence-corrected chi connectivity index (χ4v) is 4.23. The van der Waals surface area contributed by atoms with Gasteiger partial charge in [-0.15, -0.1) is 0 Å². The Kier molecular flexibility index (Phi) is 6.63. The molecule has 0 radical (unpaired) electrons. The Morgan fingerprint density at radius 3 is 2.62 bits per heavy atom. The van der Waals surface area contributed by atoms with E-state index >= 15 is 0 Å². The van der Waals surface area contributed by atoms with Gasteiger partial charge in [0.05, 0.1) is 12.7 Å². The highest BCUT2D eigenvalue weighted by Gasteiger charge is 2.34. The average molecular weight is 471 g/mol. The van der Waals surface area contributed by atoms with Crippen LogP contribution < -0.4 is 10.1 Å². The molecule has 3 aromatic rings. The molecule has 0 bridgehead atoms. The first-order valence-electron chi connectivity index (χ1n) is 10.8. The highest BCUT2D eigenvalue weighted by Crippen LogP contribution is 2.37. The van der Waals surface area contributed by atoms with Crippen molar-refractivity contribution in [2.45, 2.75) is 31.7 Å². The van der Waals surface area contributed by atoms with Crippen LogP contribution in [0.15, 0.2) is 66.9 Å². The number of hydrogen-bond acceptors (Lipinski definition) is 3. The van der Waals surface area contributed by atoms with Gasteiger partial charge in [-0.2, -0.15) is 13.2 Å². The first-order chi connectivity index (χ1) is 16.3. The number of nitrogens with one attached hydrogen (secondary N) is 1. The van der Waals surface area contributed by atoms with E-state index in [9.17, 15) is 22.8 Å². The number of alkyl halides is 3. The molecule has 0 fully saturated rings. The maximum Gasteiger partial charge on any atom is 0.416 e. The van der Waals surface area contributed by atoms with E-state index in [1.807, 2.05) is 42.6 Å². The van der Waals surface area contributed by atoms with E-state index in [2.05, 4.69) is 9.88 Å². The third-order valence-corrected chi connectivity index (χ3v) is 5.85. The van der Waals surface area contributed by atoms with Gasteiger partial charge in [0.25, 0.3) is 0 Å². The summed E-state index contributed by atoms with van der Waals surface area (Å²) in [5.41, 5.74) is 1.24. The number of para-hydroxylation sites is 1. The van der Waals surface area contributed by atoms with Crippen molar-refractivity contribution in [1.29, 1.82) is 0 Å². The van der Waals surface area contributed by atoms with Gasteiger partial charge in [0.15, 0.2) is 0 Å². The molecule has 2 aromatic carbocycles. The smallest absolute Gasteiger partial charge is 0.416 e. The van der Waals surface area contributed by atoms with Gasteiger partial charge >= 0.3 is 6.18 Å². The molecule has 1 N–H and O–H groups in total. The van der Waals surface area contributed by atoms with E-state index in [-0.39, 0.29) is 12.5 Å². The highest BCUT2D eigenvalue weighted by molar-refractivity contribution is 5.97. The number of carbonyl (C=O) groups is 2. The van der Waals surface area contributed by atoms with Gasteiger partial charge in [-0.05, 0) is 35.9 Å². The van der Waals surface area contributed by atoms with Crippen molar-refractivity contribution < 1.29 is 27.5 Å². The van der Waals surface area contributed by atoms with Crippen molar-refractivity contribution in [2.24, 2.45) is 0 Å². The van der Waals surface area contributed by atoms with Gasteiger partial charge in [0.1, 0.15) is 18.2 Å². The minimum absolute atomic E-state index is 0.102. The molecule has 178 valence electrons. The van der Waals surface area contributed by atoms with Crippen LogP contribution in [0.2, 0.25) is 0 Å². The lowest BCUT2D eigenvalue weighted by Crippen LogP contribution is -2.44. The van der Waals surface area contributed by atoms with Crippen LogP contribution in [0, 0.1) is 0 Å². The lowest BCUT2D eigenvalue weighted by molar-refractivity contribution is -0.138. The second-order valence-corrected chi connectivity index (χ2v) is 8.01. The van der Waals surface area contributed by atoms with Crippen LogP contribution in [0.3, 0.4) is 0 Å². The van der Waals surface area contributed by atoms with Gasteiger partial charge in [-0.25, -0.2) is 0 Å². The summed E-state index contributed by atoms with van der Waals surface area (Å²) >= 11 is 0. The Morgan fingerprint density at radius 1 is 1.06 bits per heavy atom. The number of ether oxygens (including phenoxy) is 1. The van der Waals surface area contributed by atoms with Crippen LogP contribution in [-0.2, 0) is 28.9 Å². The molecule has 4 rings (SSSR count). The molecule has 1 aliphatic rings. The van der Waals surface area contributed by atoms with Crippen LogP contribution in [0.1, 0.15) is 34.8 Å². The molecule has 6 nitrogen and oxygen atoms in total. The summed E-state index contributed by atoms with van der Waals surface area (Å²) in [6.07, 6.45) is -2.93. The number of fused-ring (bicyclic) bond motifs is 1. The number of carbonyl (C=O) groups excluding carboxylic acids is 2.